The zero-order chi connectivity index (χ0) is 20.7. The van der Waals surface area contributed by atoms with Gasteiger partial charge in [-0.25, -0.2) is 4.98 Å². The van der Waals surface area contributed by atoms with Gasteiger partial charge in [-0.15, -0.1) is 16.4 Å². The third-order valence-electron chi connectivity index (χ3n) is 4.90. The summed E-state index contributed by atoms with van der Waals surface area (Å²) < 4.78 is 12.9. The fraction of sp³-hybridized carbons (Fsp3) is 0.190. The standard InChI is InChI=1S/C21H18N4O3S2/c1-12-8-15(13(2)25(12)14-5-6-17-18(9-14)28-11-27-17)16(26)10-30-21-22-20(23-24-21)19-4-3-7-29-19/h3-9H,10-11H2,1-2H3,(H,22,23,24). The van der Waals surface area contributed by atoms with Gasteiger partial charge >= 0.3 is 0 Å². The molecule has 4 heterocycles. The monoisotopic (exact) mass is 438 g/mol. The summed E-state index contributed by atoms with van der Waals surface area (Å²) in [6.45, 7) is 4.18. The number of rotatable bonds is 6. The summed E-state index contributed by atoms with van der Waals surface area (Å²) in [5, 5.41) is 9.70. The molecule has 30 heavy (non-hydrogen) atoms. The van der Waals surface area contributed by atoms with Crippen molar-refractivity contribution in [3.8, 4) is 27.9 Å². The number of thioether (sulfide) groups is 1. The molecule has 0 spiro atoms. The lowest BCUT2D eigenvalue weighted by Gasteiger charge is -2.10. The summed E-state index contributed by atoms with van der Waals surface area (Å²) >= 11 is 2.93. The molecule has 0 unspecified atom stereocenters. The van der Waals surface area contributed by atoms with Crippen LogP contribution in [0.5, 0.6) is 11.5 Å². The first kappa shape index (κ1) is 19.0. The number of hydrogen-bond acceptors (Lipinski definition) is 7. The fourth-order valence-corrected chi connectivity index (χ4v) is 4.85. The number of carbonyl (C=O) groups is 1. The summed E-state index contributed by atoms with van der Waals surface area (Å²) in [6, 6.07) is 11.7. The van der Waals surface area contributed by atoms with Gasteiger partial charge in [0, 0.05) is 28.7 Å². The highest BCUT2D eigenvalue weighted by Crippen LogP contribution is 2.35. The zero-order valence-electron chi connectivity index (χ0n) is 16.3. The van der Waals surface area contributed by atoms with Gasteiger partial charge in [0.2, 0.25) is 11.9 Å². The number of thiophene rings is 1. The van der Waals surface area contributed by atoms with Crippen molar-refractivity contribution in [3.05, 3.63) is 58.7 Å². The van der Waals surface area contributed by atoms with Crippen LogP contribution in [-0.2, 0) is 0 Å². The molecule has 0 bridgehead atoms. The first-order valence-corrected chi connectivity index (χ1v) is 11.2. The quantitative estimate of drug-likeness (QED) is 0.349. The second-order valence-corrected chi connectivity index (χ2v) is 8.70. The van der Waals surface area contributed by atoms with Crippen LogP contribution in [0.4, 0.5) is 0 Å². The van der Waals surface area contributed by atoms with Crippen LogP contribution in [0, 0.1) is 13.8 Å². The third-order valence-corrected chi connectivity index (χ3v) is 6.62. The van der Waals surface area contributed by atoms with Crippen molar-refractivity contribution in [2.24, 2.45) is 0 Å². The molecule has 4 aromatic rings. The number of ether oxygens (including phenoxy) is 2. The van der Waals surface area contributed by atoms with E-state index < -0.39 is 0 Å². The molecule has 9 heteroatoms. The zero-order valence-corrected chi connectivity index (χ0v) is 18.0. The molecular formula is C21H18N4O3S2. The molecule has 7 nitrogen and oxygen atoms in total. The molecule has 3 aromatic heterocycles. The van der Waals surface area contributed by atoms with Gasteiger partial charge in [-0.1, -0.05) is 17.8 Å². The Hall–Kier alpha value is -3.04. The van der Waals surface area contributed by atoms with E-state index in [0.717, 1.165) is 39.3 Å². The van der Waals surface area contributed by atoms with Crippen LogP contribution in [0.3, 0.4) is 0 Å². The molecule has 0 atom stereocenters. The lowest BCUT2D eigenvalue weighted by Crippen LogP contribution is -2.05. The number of carbonyl (C=O) groups excluding carboxylic acids is 1. The summed E-state index contributed by atoms with van der Waals surface area (Å²) in [7, 11) is 0. The minimum Gasteiger partial charge on any atom is -0.454 e. The maximum Gasteiger partial charge on any atom is 0.231 e. The minimum atomic E-state index is 0.0440. The van der Waals surface area contributed by atoms with Crippen molar-refractivity contribution in [3.63, 3.8) is 0 Å². The number of nitrogens with one attached hydrogen (secondary N) is 1. The lowest BCUT2D eigenvalue weighted by atomic mass is 10.2. The largest absolute Gasteiger partial charge is 0.454 e. The van der Waals surface area contributed by atoms with Crippen LogP contribution >= 0.6 is 23.1 Å². The molecule has 152 valence electrons. The van der Waals surface area contributed by atoms with Crippen LogP contribution in [0.25, 0.3) is 16.4 Å². The third kappa shape index (κ3) is 3.40. The second kappa shape index (κ2) is 7.66. The summed E-state index contributed by atoms with van der Waals surface area (Å²) in [5.41, 5.74) is 3.52. The van der Waals surface area contributed by atoms with E-state index in [0.29, 0.717) is 10.7 Å². The molecule has 0 fully saturated rings. The minimum absolute atomic E-state index is 0.0440. The van der Waals surface area contributed by atoms with Crippen LogP contribution in [0.15, 0.2) is 46.9 Å². The number of benzene rings is 1. The van der Waals surface area contributed by atoms with Crippen molar-refractivity contribution in [2.75, 3.05) is 12.5 Å². The van der Waals surface area contributed by atoms with Crippen molar-refractivity contribution < 1.29 is 14.3 Å². The Morgan fingerprint density at radius 3 is 2.93 bits per heavy atom. The van der Waals surface area contributed by atoms with Crippen LogP contribution in [-0.4, -0.2) is 38.1 Å². The van der Waals surface area contributed by atoms with E-state index in [2.05, 4.69) is 19.7 Å². The van der Waals surface area contributed by atoms with Crippen molar-refractivity contribution in [2.45, 2.75) is 19.0 Å². The number of ketones is 1. The maximum absolute atomic E-state index is 12.9. The molecule has 5 rings (SSSR count). The number of aryl methyl sites for hydroxylation is 1. The van der Waals surface area contributed by atoms with Gasteiger partial charge in [0.1, 0.15) is 0 Å². The van der Waals surface area contributed by atoms with E-state index in [1.807, 2.05) is 55.6 Å². The molecule has 1 aliphatic rings. The van der Waals surface area contributed by atoms with Gasteiger partial charge < -0.3 is 14.0 Å². The van der Waals surface area contributed by atoms with E-state index in [1.54, 1.807) is 11.3 Å². The van der Waals surface area contributed by atoms with E-state index in [1.165, 1.54) is 11.8 Å². The SMILES string of the molecule is Cc1cc(C(=O)CSc2n[nH]c(-c3cccs3)n2)c(C)n1-c1ccc2c(c1)OCO2. The smallest absolute Gasteiger partial charge is 0.231 e. The molecule has 0 saturated carbocycles. The molecule has 1 aromatic carbocycles. The molecule has 0 radical (unpaired) electrons. The normalized spacial score (nSPS) is 12.5. The predicted octanol–water partition coefficient (Wildman–Crippen LogP) is 4.64. The van der Waals surface area contributed by atoms with Crippen molar-refractivity contribution in [1.29, 1.82) is 0 Å². The van der Waals surface area contributed by atoms with E-state index in [4.69, 9.17) is 9.47 Å². The first-order valence-electron chi connectivity index (χ1n) is 9.31. The molecule has 0 saturated heterocycles. The Bertz CT molecular complexity index is 1230. The molecular weight excluding hydrogens is 420 g/mol. The lowest BCUT2D eigenvalue weighted by molar-refractivity contribution is 0.102. The Morgan fingerprint density at radius 1 is 1.23 bits per heavy atom. The highest BCUT2D eigenvalue weighted by molar-refractivity contribution is 7.99. The number of H-pyrrole nitrogens is 1. The van der Waals surface area contributed by atoms with Gasteiger partial charge in [0.05, 0.1) is 10.6 Å². The molecule has 1 N–H and O–H groups in total. The van der Waals surface area contributed by atoms with Crippen molar-refractivity contribution >= 4 is 28.9 Å². The van der Waals surface area contributed by atoms with E-state index in [9.17, 15) is 4.79 Å². The van der Waals surface area contributed by atoms with Gasteiger partial charge in [-0.2, -0.15) is 0 Å². The number of hydrogen-bond donors (Lipinski definition) is 1. The topological polar surface area (TPSA) is 82.0 Å². The van der Waals surface area contributed by atoms with Crippen LogP contribution in [0.2, 0.25) is 0 Å². The van der Waals surface area contributed by atoms with Gasteiger partial charge in [-0.05, 0) is 43.5 Å². The predicted molar refractivity (Wildman–Crippen MR) is 116 cm³/mol. The maximum atomic E-state index is 12.9. The summed E-state index contributed by atoms with van der Waals surface area (Å²) in [4.78, 5) is 18.4. The number of aromatic nitrogens is 4. The molecule has 0 amide bonds. The average molecular weight is 439 g/mol. The average Bonchev–Trinajstić information content (AvgIpc) is 3.52. The number of Topliss-reactive ketones (excluding diaryl/α,β-unsaturated/α-hetero) is 1. The van der Waals surface area contributed by atoms with Gasteiger partial charge in [-0.3, -0.25) is 9.89 Å². The van der Waals surface area contributed by atoms with Crippen LogP contribution in [0.1, 0.15) is 21.7 Å². The first-order chi connectivity index (χ1) is 14.6. The molecule has 0 aliphatic carbocycles. The number of nitrogens with zero attached hydrogens (tertiary/aromatic N) is 3. The van der Waals surface area contributed by atoms with E-state index in [-0.39, 0.29) is 18.3 Å². The Kier molecular flexibility index (Phi) is 4.84. The van der Waals surface area contributed by atoms with Gasteiger partial charge in [0.25, 0.3) is 0 Å². The van der Waals surface area contributed by atoms with Gasteiger partial charge in [0.15, 0.2) is 23.1 Å². The highest BCUT2D eigenvalue weighted by Gasteiger charge is 2.20. The number of fused-ring (bicyclic) bond motifs is 1. The fourth-order valence-electron chi connectivity index (χ4n) is 3.51. The second-order valence-electron chi connectivity index (χ2n) is 6.81. The highest BCUT2D eigenvalue weighted by atomic mass is 32.2. The van der Waals surface area contributed by atoms with Crippen LogP contribution < -0.4 is 9.47 Å². The summed E-state index contributed by atoms with van der Waals surface area (Å²) in [5.74, 6) is 2.49. The summed E-state index contributed by atoms with van der Waals surface area (Å²) in [6.07, 6.45) is 0. The Labute approximate surface area is 181 Å². The van der Waals surface area contributed by atoms with Crippen molar-refractivity contribution in [1.82, 2.24) is 19.7 Å². The Morgan fingerprint density at radius 2 is 2.10 bits per heavy atom. The Balaban J connectivity index is 1.33. The number of aromatic amines is 1. The van der Waals surface area contributed by atoms with E-state index >= 15 is 0 Å². The molecule has 1 aliphatic heterocycles.